The number of rotatable bonds is 5. The molecule has 0 radical (unpaired) electrons. The zero-order valence-corrected chi connectivity index (χ0v) is 28.3. The van der Waals surface area contributed by atoms with Crippen LogP contribution in [0.4, 0.5) is 0 Å². The van der Waals surface area contributed by atoms with Crippen molar-refractivity contribution in [1.29, 1.82) is 0 Å². The monoisotopic (exact) mass is 669 g/mol. The average Bonchev–Trinajstić information content (AvgIpc) is 3.64. The molecule has 0 aliphatic carbocycles. The molecule has 1 aromatic heterocycles. The third-order valence-electron chi connectivity index (χ3n) is 9.97. The lowest BCUT2D eigenvalue weighted by molar-refractivity contribution is 1.61. The van der Waals surface area contributed by atoms with Crippen LogP contribution in [0, 0.1) is 0 Å². The van der Waals surface area contributed by atoms with E-state index in [9.17, 15) is 0 Å². The fourth-order valence-corrected chi connectivity index (χ4v) is 8.84. The third-order valence-corrected chi connectivity index (χ3v) is 11.2. The maximum atomic E-state index is 8.84. The van der Waals surface area contributed by atoms with Gasteiger partial charge in [-0.05, 0) is 89.0 Å². The van der Waals surface area contributed by atoms with Crippen molar-refractivity contribution in [2.24, 2.45) is 0 Å². The van der Waals surface area contributed by atoms with Gasteiger partial charge in [0.15, 0.2) is 0 Å². The normalized spacial score (nSPS) is 12.9. The zero-order valence-electron chi connectivity index (χ0n) is 32.5. The van der Waals surface area contributed by atoms with Gasteiger partial charge in [0.1, 0.15) is 0 Å². The van der Waals surface area contributed by atoms with Crippen molar-refractivity contribution in [3.8, 4) is 54.9 Å². The topological polar surface area (TPSA) is 0 Å². The Kier molecular flexibility index (Phi) is 5.95. The van der Waals surface area contributed by atoms with Gasteiger partial charge in [-0.1, -0.05) is 182 Å². The minimum atomic E-state index is -0.394. The van der Waals surface area contributed by atoms with Crippen molar-refractivity contribution in [3.05, 3.63) is 194 Å². The van der Waals surface area contributed by atoms with E-state index in [1.54, 1.807) is 0 Å². The van der Waals surface area contributed by atoms with E-state index in [2.05, 4.69) is 127 Å². The fourth-order valence-electron chi connectivity index (χ4n) is 7.61. The molecule has 1 heterocycles. The molecule has 0 N–H and O–H groups in total. The van der Waals surface area contributed by atoms with E-state index < -0.39 is 6.04 Å². The number of benzene rings is 9. The highest BCUT2D eigenvalue weighted by Crippen LogP contribution is 2.46. The lowest BCUT2D eigenvalue weighted by atomic mass is 9.86. The second kappa shape index (κ2) is 12.2. The van der Waals surface area contributed by atoms with Crippen molar-refractivity contribution in [1.82, 2.24) is 0 Å². The van der Waals surface area contributed by atoms with Crippen molar-refractivity contribution in [2.75, 3.05) is 0 Å². The molecule has 1 heteroatoms. The Morgan fingerprint density at radius 3 is 1.43 bits per heavy atom. The van der Waals surface area contributed by atoms with Crippen LogP contribution in [0.2, 0.25) is 0 Å². The number of thiophene rings is 1. The molecule has 0 saturated heterocycles. The standard InChI is InChI=1S/C50H32S/c1-2-13-36(14-3-1)47-41-16-6-8-18-43(41)48(44-19-9-7-17-42(44)47)37-27-22-34(23-28-37)35-24-29-38(30-25-35)50-49(45-20-10-11-21-46(45)51-50)40-31-26-33-12-4-5-15-39(33)32-40/h1-32H/i1D,2D,3D,13D,14D. The molecule has 10 aromatic rings. The Hall–Kier alpha value is -6.28. The van der Waals surface area contributed by atoms with Crippen LogP contribution in [0.1, 0.15) is 6.85 Å². The Balaban J connectivity index is 1.06. The Bertz CT molecular complexity index is 3090. The molecule has 0 bridgehead atoms. The highest BCUT2D eigenvalue weighted by atomic mass is 32.1. The summed E-state index contributed by atoms with van der Waals surface area (Å²) in [6.07, 6.45) is 0. The first-order valence-corrected chi connectivity index (χ1v) is 17.9. The molecule has 238 valence electrons. The summed E-state index contributed by atoms with van der Waals surface area (Å²) in [6.45, 7) is 0. The second-order valence-corrected chi connectivity index (χ2v) is 13.9. The van der Waals surface area contributed by atoms with Gasteiger partial charge in [0.05, 0.1) is 6.85 Å². The third kappa shape index (κ3) is 5.05. The number of fused-ring (bicyclic) bond motifs is 4. The summed E-state index contributed by atoms with van der Waals surface area (Å²) in [5.41, 5.74) is 8.85. The van der Waals surface area contributed by atoms with Gasteiger partial charge in [-0.15, -0.1) is 11.3 Å². The smallest absolute Gasteiger partial charge is 0.0629 e. The maximum Gasteiger partial charge on any atom is 0.0629 e. The summed E-state index contributed by atoms with van der Waals surface area (Å²) in [6, 6.07) is 55.9. The lowest BCUT2D eigenvalue weighted by Gasteiger charge is -2.18. The predicted molar refractivity (Wildman–Crippen MR) is 222 cm³/mol. The summed E-state index contributed by atoms with van der Waals surface area (Å²) in [7, 11) is 0. The van der Waals surface area contributed by atoms with Gasteiger partial charge >= 0.3 is 0 Å². The van der Waals surface area contributed by atoms with Crippen LogP contribution in [-0.2, 0) is 0 Å². The van der Waals surface area contributed by atoms with Gasteiger partial charge in [0, 0.05) is 20.5 Å². The quantitative estimate of drug-likeness (QED) is 0.160. The lowest BCUT2D eigenvalue weighted by Crippen LogP contribution is -1.90. The van der Waals surface area contributed by atoms with E-state index in [0.29, 0.717) is 5.56 Å². The largest absolute Gasteiger partial charge is 0.135 e. The number of hydrogen-bond donors (Lipinski definition) is 0. The van der Waals surface area contributed by atoms with E-state index in [1.807, 2.05) is 47.7 Å². The van der Waals surface area contributed by atoms with Crippen LogP contribution in [0.15, 0.2) is 194 Å². The van der Waals surface area contributed by atoms with Gasteiger partial charge < -0.3 is 0 Å². The molecule has 0 unspecified atom stereocenters. The average molecular weight is 670 g/mol. The molecular formula is C50H32S. The van der Waals surface area contributed by atoms with Gasteiger partial charge in [-0.25, -0.2) is 0 Å². The molecule has 0 aliphatic rings. The first-order chi connectivity index (χ1) is 27.4. The van der Waals surface area contributed by atoms with Crippen LogP contribution in [0.5, 0.6) is 0 Å². The van der Waals surface area contributed by atoms with Crippen LogP contribution in [0.25, 0.3) is 97.4 Å². The Labute approximate surface area is 308 Å². The highest BCUT2D eigenvalue weighted by Gasteiger charge is 2.18. The molecule has 0 atom stereocenters. The summed E-state index contributed by atoms with van der Waals surface area (Å²) in [4.78, 5) is 1.26. The fraction of sp³-hybridized carbons (Fsp3) is 0. The molecule has 0 fully saturated rings. The van der Waals surface area contributed by atoms with Crippen molar-refractivity contribution in [3.63, 3.8) is 0 Å². The highest BCUT2D eigenvalue weighted by molar-refractivity contribution is 7.23. The minimum Gasteiger partial charge on any atom is -0.135 e. The van der Waals surface area contributed by atoms with Crippen LogP contribution in [-0.4, -0.2) is 0 Å². The summed E-state index contributed by atoms with van der Waals surface area (Å²) in [5, 5.41) is 7.32. The molecule has 0 spiro atoms. The van der Waals surface area contributed by atoms with Crippen LogP contribution < -0.4 is 0 Å². The molecule has 51 heavy (non-hydrogen) atoms. The maximum absolute atomic E-state index is 8.84. The van der Waals surface area contributed by atoms with Gasteiger partial charge in [0.25, 0.3) is 0 Å². The second-order valence-electron chi connectivity index (χ2n) is 12.9. The molecule has 0 amide bonds. The Morgan fingerprint density at radius 1 is 0.333 bits per heavy atom. The summed E-state index contributed by atoms with van der Waals surface area (Å²) in [5.74, 6) is 0. The van der Waals surface area contributed by atoms with E-state index >= 15 is 0 Å². The van der Waals surface area contributed by atoms with Crippen LogP contribution in [0.3, 0.4) is 0 Å². The van der Waals surface area contributed by atoms with E-state index in [0.717, 1.165) is 43.8 Å². The molecule has 10 rings (SSSR count). The Morgan fingerprint density at radius 2 is 0.804 bits per heavy atom. The van der Waals surface area contributed by atoms with Gasteiger partial charge in [0.2, 0.25) is 0 Å². The van der Waals surface area contributed by atoms with E-state index in [4.69, 9.17) is 6.85 Å². The van der Waals surface area contributed by atoms with Crippen molar-refractivity contribution in [2.45, 2.75) is 0 Å². The number of hydrogen-bond acceptors (Lipinski definition) is 1. The first kappa shape index (κ1) is 24.8. The molecule has 0 saturated carbocycles. The molecular weight excluding hydrogens is 633 g/mol. The minimum absolute atomic E-state index is 0.202. The summed E-state index contributed by atoms with van der Waals surface area (Å²) < 4.78 is 44.0. The molecule has 0 nitrogen and oxygen atoms in total. The first-order valence-electron chi connectivity index (χ1n) is 19.6. The summed E-state index contributed by atoms with van der Waals surface area (Å²) >= 11 is 1.84. The SMILES string of the molecule is [2H]c1c([2H])c([2H])c(-c2c3ccccc3c(-c3ccc(-c4ccc(-c5sc6ccccc6c5-c5ccc6ccccc6c5)cc4)cc3)c3ccccc23)c([2H])c1[2H]. The van der Waals surface area contributed by atoms with Gasteiger partial charge in [-0.2, -0.15) is 0 Å². The molecule has 0 aliphatic heterocycles. The van der Waals surface area contributed by atoms with Crippen molar-refractivity contribution >= 4 is 53.7 Å². The zero-order chi connectivity index (χ0) is 38.1. The van der Waals surface area contributed by atoms with E-state index in [1.165, 1.54) is 42.4 Å². The molecule has 9 aromatic carbocycles. The predicted octanol–water partition coefficient (Wildman–Crippen LogP) is 14.7. The van der Waals surface area contributed by atoms with Gasteiger partial charge in [-0.3, -0.25) is 0 Å². The van der Waals surface area contributed by atoms with Crippen molar-refractivity contribution < 1.29 is 6.85 Å². The van der Waals surface area contributed by atoms with E-state index in [-0.39, 0.29) is 29.7 Å². The van der Waals surface area contributed by atoms with Crippen LogP contribution >= 0.6 is 11.3 Å².